The molecule has 0 saturated heterocycles. The Hall–Kier alpha value is -1.84. The van der Waals surface area contributed by atoms with Crippen LogP contribution in [-0.4, -0.2) is 15.9 Å². The number of amides is 1. The van der Waals surface area contributed by atoms with E-state index in [0.29, 0.717) is 0 Å². The van der Waals surface area contributed by atoms with E-state index >= 15 is 0 Å². The van der Waals surface area contributed by atoms with Gasteiger partial charge in [-0.05, 0) is 31.9 Å². The summed E-state index contributed by atoms with van der Waals surface area (Å²) in [5, 5.41) is 3.07. The van der Waals surface area contributed by atoms with E-state index in [4.69, 9.17) is 0 Å². The fourth-order valence-corrected chi connectivity index (χ4v) is 2.77. The van der Waals surface area contributed by atoms with Crippen LogP contribution in [0.3, 0.4) is 0 Å². The van der Waals surface area contributed by atoms with Crippen LogP contribution in [0.15, 0.2) is 24.3 Å². The highest BCUT2D eigenvalue weighted by Crippen LogP contribution is 2.25. The lowest BCUT2D eigenvalue weighted by Crippen LogP contribution is -2.32. The number of aromatic amines is 1. The standard InChI is InChI=1S/C15H19N3O/c1-10(16-15(19)11-6-2-3-7-11)14-17-12-8-4-5-9-13(12)18-14/h4-5,8-11H,2-3,6-7H2,1H3,(H,16,19)(H,17,18)/t10-/m0/s1. The Bertz CT molecular complexity index is 551. The second-order valence-electron chi connectivity index (χ2n) is 5.35. The second-order valence-corrected chi connectivity index (χ2v) is 5.35. The predicted molar refractivity (Wildman–Crippen MR) is 74.6 cm³/mol. The Morgan fingerprint density at radius 2 is 2.11 bits per heavy atom. The first-order chi connectivity index (χ1) is 9.24. The van der Waals surface area contributed by atoms with Gasteiger partial charge in [-0.25, -0.2) is 4.98 Å². The molecule has 0 bridgehead atoms. The SMILES string of the molecule is C[C@H](NC(=O)C1CCCC1)c1nc2ccccc2[nH]1. The Labute approximate surface area is 112 Å². The number of hydrogen-bond acceptors (Lipinski definition) is 2. The van der Waals surface area contributed by atoms with Gasteiger partial charge in [0.25, 0.3) is 0 Å². The number of carbonyl (C=O) groups is 1. The topological polar surface area (TPSA) is 57.8 Å². The van der Waals surface area contributed by atoms with Crippen LogP contribution in [0.5, 0.6) is 0 Å². The smallest absolute Gasteiger partial charge is 0.223 e. The van der Waals surface area contributed by atoms with Gasteiger partial charge in [0.05, 0.1) is 17.1 Å². The number of para-hydroxylation sites is 2. The number of rotatable bonds is 3. The van der Waals surface area contributed by atoms with Gasteiger partial charge >= 0.3 is 0 Å². The van der Waals surface area contributed by atoms with Crippen molar-refractivity contribution < 1.29 is 4.79 Å². The molecule has 1 heterocycles. The van der Waals surface area contributed by atoms with Crippen molar-refractivity contribution in [1.29, 1.82) is 0 Å². The van der Waals surface area contributed by atoms with Gasteiger partial charge in [0.1, 0.15) is 5.82 Å². The average molecular weight is 257 g/mol. The molecule has 0 radical (unpaired) electrons. The van der Waals surface area contributed by atoms with E-state index in [1.807, 2.05) is 31.2 Å². The molecule has 1 aromatic heterocycles. The molecule has 2 N–H and O–H groups in total. The number of benzene rings is 1. The van der Waals surface area contributed by atoms with E-state index in [9.17, 15) is 4.79 Å². The highest BCUT2D eigenvalue weighted by Gasteiger charge is 2.24. The van der Waals surface area contributed by atoms with E-state index in [1.54, 1.807) is 0 Å². The van der Waals surface area contributed by atoms with Crippen LogP contribution >= 0.6 is 0 Å². The lowest BCUT2D eigenvalue weighted by Gasteiger charge is -2.15. The Balaban J connectivity index is 1.72. The van der Waals surface area contributed by atoms with Crippen molar-refractivity contribution in [3.63, 3.8) is 0 Å². The van der Waals surface area contributed by atoms with Crippen molar-refractivity contribution in [3.05, 3.63) is 30.1 Å². The highest BCUT2D eigenvalue weighted by atomic mass is 16.1. The van der Waals surface area contributed by atoms with Crippen molar-refractivity contribution in [2.75, 3.05) is 0 Å². The predicted octanol–water partition coefficient (Wildman–Crippen LogP) is 2.93. The molecule has 1 amide bonds. The minimum Gasteiger partial charge on any atom is -0.346 e. The summed E-state index contributed by atoms with van der Waals surface area (Å²) in [6.07, 6.45) is 4.41. The van der Waals surface area contributed by atoms with E-state index in [2.05, 4.69) is 15.3 Å². The van der Waals surface area contributed by atoms with Crippen molar-refractivity contribution >= 4 is 16.9 Å². The molecule has 0 spiro atoms. The van der Waals surface area contributed by atoms with Gasteiger partial charge in [-0.3, -0.25) is 4.79 Å². The van der Waals surface area contributed by atoms with Crippen LogP contribution in [0, 0.1) is 5.92 Å². The van der Waals surface area contributed by atoms with Crippen molar-refractivity contribution in [3.8, 4) is 0 Å². The number of fused-ring (bicyclic) bond motifs is 1. The fourth-order valence-electron chi connectivity index (χ4n) is 2.77. The number of hydrogen-bond donors (Lipinski definition) is 2. The summed E-state index contributed by atoms with van der Waals surface area (Å²) in [6.45, 7) is 1.98. The largest absolute Gasteiger partial charge is 0.346 e. The van der Waals surface area contributed by atoms with E-state index < -0.39 is 0 Å². The van der Waals surface area contributed by atoms with Gasteiger partial charge in [-0.2, -0.15) is 0 Å². The van der Waals surface area contributed by atoms with Crippen LogP contribution in [0.25, 0.3) is 11.0 Å². The average Bonchev–Trinajstić information content (AvgIpc) is 3.07. The Morgan fingerprint density at radius 3 is 2.84 bits per heavy atom. The van der Waals surface area contributed by atoms with Crippen molar-refractivity contribution in [2.45, 2.75) is 38.6 Å². The van der Waals surface area contributed by atoms with Crippen molar-refractivity contribution in [2.24, 2.45) is 5.92 Å². The van der Waals surface area contributed by atoms with Gasteiger partial charge in [-0.1, -0.05) is 25.0 Å². The van der Waals surface area contributed by atoms with E-state index in [-0.39, 0.29) is 17.9 Å². The third-order valence-corrected chi connectivity index (χ3v) is 3.90. The number of nitrogens with zero attached hydrogens (tertiary/aromatic N) is 1. The van der Waals surface area contributed by atoms with Gasteiger partial charge in [0.2, 0.25) is 5.91 Å². The second kappa shape index (κ2) is 5.03. The number of carbonyl (C=O) groups excluding carboxylic acids is 1. The van der Waals surface area contributed by atoms with Crippen LogP contribution in [0.1, 0.15) is 44.5 Å². The molecule has 1 aliphatic carbocycles. The van der Waals surface area contributed by atoms with Gasteiger partial charge in [0.15, 0.2) is 0 Å². The maximum Gasteiger partial charge on any atom is 0.223 e. The maximum absolute atomic E-state index is 12.1. The Morgan fingerprint density at radius 1 is 1.37 bits per heavy atom. The molecule has 1 aromatic carbocycles. The van der Waals surface area contributed by atoms with E-state index in [1.165, 1.54) is 12.8 Å². The van der Waals surface area contributed by atoms with E-state index in [0.717, 1.165) is 29.7 Å². The number of imidazole rings is 1. The molecule has 1 fully saturated rings. The lowest BCUT2D eigenvalue weighted by atomic mass is 10.1. The number of aromatic nitrogens is 2. The highest BCUT2D eigenvalue weighted by molar-refractivity contribution is 5.79. The van der Waals surface area contributed by atoms with Gasteiger partial charge in [0, 0.05) is 5.92 Å². The minimum atomic E-state index is -0.0690. The maximum atomic E-state index is 12.1. The minimum absolute atomic E-state index is 0.0690. The molecule has 19 heavy (non-hydrogen) atoms. The molecule has 2 aromatic rings. The summed E-state index contributed by atoms with van der Waals surface area (Å²) >= 11 is 0. The summed E-state index contributed by atoms with van der Waals surface area (Å²) in [7, 11) is 0. The first-order valence-electron chi connectivity index (χ1n) is 6.99. The molecule has 1 saturated carbocycles. The number of H-pyrrole nitrogens is 1. The van der Waals surface area contributed by atoms with Crippen LogP contribution in [0.4, 0.5) is 0 Å². The lowest BCUT2D eigenvalue weighted by molar-refractivity contribution is -0.125. The molecule has 100 valence electrons. The third kappa shape index (κ3) is 2.48. The van der Waals surface area contributed by atoms with Gasteiger partial charge in [-0.15, -0.1) is 0 Å². The van der Waals surface area contributed by atoms with Crippen LogP contribution in [0.2, 0.25) is 0 Å². The first-order valence-corrected chi connectivity index (χ1v) is 6.99. The van der Waals surface area contributed by atoms with Crippen LogP contribution < -0.4 is 5.32 Å². The zero-order valence-electron chi connectivity index (χ0n) is 11.1. The molecular weight excluding hydrogens is 238 g/mol. The molecule has 4 heteroatoms. The summed E-state index contributed by atoms with van der Waals surface area (Å²) < 4.78 is 0. The summed E-state index contributed by atoms with van der Waals surface area (Å²) in [5.41, 5.74) is 1.96. The summed E-state index contributed by atoms with van der Waals surface area (Å²) in [6, 6.07) is 7.85. The molecular formula is C15H19N3O. The zero-order chi connectivity index (χ0) is 13.2. The first kappa shape index (κ1) is 12.2. The fraction of sp³-hybridized carbons (Fsp3) is 0.467. The molecule has 0 unspecified atom stereocenters. The zero-order valence-corrected chi connectivity index (χ0v) is 11.1. The van der Waals surface area contributed by atoms with Crippen molar-refractivity contribution in [1.82, 2.24) is 15.3 Å². The van der Waals surface area contributed by atoms with Crippen LogP contribution in [-0.2, 0) is 4.79 Å². The molecule has 3 rings (SSSR count). The third-order valence-electron chi connectivity index (χ3n) is 3.90. The summed E-state index contributed by atoms with van der Waals surface area (Å²) in [4.78, 5) is 19.9. The Kier molecular flexibility index (Phi) is 3.23. The quantitative estimate of drug-likeness (QED) is 0.888. The molecule has 0 aliphatic heterocycles. The molecule has 1 atom stereocenters. The molecule has 4 nitrogen and oxygen atoms in total. The summed E-state index contributed by atoms with van der Waals surface area (Å²) in [5.74, 6) is 1.20. The monoisotopic (exact) mass is 257 g/mol. The number of nitrogens with one attached hydrogen (secondary N) is 2. The molecule has 1 aliphatic rings. The van der Waals surface area contributed by atoms with Gasteiger partial charge < -0.3 is 10.3 Å². The normalized spacial score (nSPS) is 17.7.